The van der Waals surface area contributed by atoms with Crippen LogP contribution in [-0.2, 0) is 11.3 Å². The maximum atomic E-state index is 12.4. The molecule has 0 heterocycles. The van der Waals surface area contributed by atoms with Gasteiger partial charge in [-0.05, 0) is 31.8 Å². The number of hydrogen-bond donors (Lipinski definition) is 4. The first kappa shape index (κ1) is 19.7. The van der Waals surface area contributed by atoms with Crippen molar-refractivity contribution in [2.45, 2.75) is 32.9 Å². The lowest BCUT2D eigenvalue weighted by molar-refractivity contribution is 0.0265. The van der Waals surface area contributed by atoms with Gasteiger partial charge in [-0.1, -0.05) is 24.3 Å². The molecular formula is C15H23BN4O4. The Hall–Kier alpha value is -2.39. The summed E-state index contributed by atoms with van der Waals surface area (Å²) < 4.78 is 5.36. The van der Waals surface area contributed by atoms with Crippen molar-refractivity contribution in [2.75, 3.05) is 6.54 Å². The minimum atomic E-state index is -1.55. The monoisotopic (exact) mass is 334 g/mol. The van der Waals surface area contributed by atoms with E-state index in [4.69, 9.17) is 26.0 Å². The van der Waals surface area contributed by atoms with Gasteiger partial charge in [0.25, 0.3) is 0 Å². The van der Waals surface area contributed by atoms with Gasteiger partial charge in [0.1, 0.15) is 5.60 Å². The van der Waals surface area contributed by atoms with Crippen LogP contribution in [0.3, 0.4) is 0 Å². The van der Waals surface area contributed by atoms with E-state index in [1.54, 1.807) is 45.0 Å². The molecule has 0 atom stereocenters. The predicted octanol–water partition coefficient (Wildman–Crippen LogP) is 0.0678. The van der Waals surface area contributed by atoms with Crippen molar-refractivity contribution in [1.82, 2.24) is 4.90 Å². The third kappa shape index (κ3) is 6.39. The Morgan fingerprint density at radius 1 is 1.38 bits per heavy atom. The summed E-state index contributed by atoms with van der Waals surface area (Å²) in [5, 5.41) is 28.9. The van der Waals surface area contributed by atoms with E-state index in [2.05, 4.69) is 5.10 Å². The molecule has 9 heteroatoms. The fourth-order valence-electron chi connectivity index (χ4n) is 1.85. The Kier molecular flexibility index (Phi) is 6.93. The third-order valence-corrected chi connectivity index (χ3v) is 2.99. The van der Waals surface area contributed by atoms with E-state index < -0.39 is 18.8 Å². The zero-order valence-electron chi connectivity index (χ0n) is 14.1. The van der Waals surface area contributed by atoms with Crippen molar-refractivity contribution in [3.05, 3.63) is 29.8 Å². The van der Waals surface area contributed by atoms with Gasteiger partial charge in [-0.2, -0.15) is 5.10 Å². The summed E-state index contributed by atoms with van der Waals surface area (Å²) in [7, 11) is -1.55. The lowest BCUT2D eigenvalue weighted by Crippen LogP contribution is -2.40. The standard InChI is InChI=1S/C15H23BN4O4/c1-15(2,3)24-14(21)20(10-13(8-17)19-18)9-11-4-6-12(7-5-11)16(22)23/h4-8,17,22-23H,9-10,18H2,1-3H3. The summed E-state index contributed by atoms with van der Waals surface area (Å²) >= 11 is 0. The molecule has 0 aliphatic carbocycles. The van der Waals surface area contributed by atoms with Crippen molar-refractivity contribution in [2.24, 2.45) is 10.9 Å². The number of nitrogens with zero attached hydrogens (tertiary/aromatic N) is 2. The summed E-state index contributed by atoms with van der Waals surface area (Å²) in [6.07, 6.45) is 0.416. The molecular weight excluding hydrogens is 311 g/mol. The van der Waals surface area contributed by atoms with E-state index in [0.29, 0.717) is 5.46 Å². The molecule has 0 saturated heterocycles. The van der Waals surface area contributed by atoms with E-state index in [1.807, 2.05) is 0 Å². The van der Waals surface area contributed by atoms with Gasteiger partial charge in [0.15, 0.2) is 0 Å². The molecule has 0 spiro atoms. The number of ether oxygens (including phenoxy) is 1. The molecule has 0 radical (unpaired) electrons. The predicted molar refractivity (Wildman–Crippen MR) is 93.3 cm³/mol. The number of hydrazone groups is 1. The molecule has 1 aromatic rings. The second kappa shape index (κ2) is 8.46. The van der Waals surface area contributed by atoms with Gasteiger partial charge in [0, 0.05) is 12.8 Å². The van der Waals surface area contributed by atoms with Crippen LogP contribution >= 0.6 is 0 Å². The van der Waals surface area contributed by atoms with Crippen LogP contribution in [0.5, 0.6) is 0 Å². The summed E-state index contributed by atoms with van der Waals surface area (Å²) in [6, 6.07) is 6.47. The Balaban J connectivity index is 2.95. The molecule has 24 heavy (non-hydrogen) atoms. The van der Waals surface area contributed by atoms with Gasteiger partial charge in [0.05, 0.1) is 12.3 Å². The molecule has 0 saturated carbocycles. The average Bonchev–Trinajstić information content (AvgIpc) is 2.50. The van der Waals surface area contributed by atoms with Crippen LogP contribution in [0.1, 0.15) is 26.3 Å². The number of amides is 1. The molecule has 0 aromatic heterocycles. The lowest BCUT2D eigenvalue weighted by Gasteiger charge is -2.27. The van der Waals surface area contributed by atoms with Crippen LogP contribution in [0.4, 0.5) is 4.79 Å². The van der Waals surface area contributed by atoms with Crippen molar-refractivity contribution >= 4 is 30.6 Å². The highest BCUT2D eigenvalue weighted by molar-refractivity contribution is 6.58. The van der Waals surface area contributed by atoms with E-state index in [1.165, 1.54) is 4.90 Å². The molecule has 8 nitrogen and oxygen atoms in total. The van der Waals surface area contributed by atoms with Gasteiger partial charge in [-0.25, -0.2) is 4.79 Å². The normalized spacial score (nSPS) is 11.8. The van der Waals surface area contributed by atoms with Crippen LogP contribution in [0.2, 0.25) is 0 Å². The number of carbonyl (C=O) groups excluding carboxylic acids is 1. The highest BCUT2D eigenvalue weighted by Gasteiger charge is 2.23. The van der Waals surface area contributed by atoms with Crippen LogP contribution in [0, 0.1) is 5.41 Å². The van der Waals surface area contributed by atoms with Crippen molar-refractivity contribution < 1.29 is 19.6 Å². The molecule has 5 N–H and O–H groups in total. The van der Waals surface area contributed by atoms with Crippen molar-refractivity contribution in [3.63, 3.8) is 0 Å². The Labute approximate surface area is 141 Å². The first-order valence-electron chi connectivity index (χ1n) is 7.36. The summed E-state index contributed by atoms with van der Waals surface area (Å²) in [5.74, 6) is 5.21. The number of nitrogens with two attached hydrogens (primary N) is 1. The second-order valence-corrected chi connectivity index (χ2v) is 6.22. The maximum absolute atomic E-state index is 12.4. The molecule has 0 fully saturated rings. The fourth-order valence-corrected chi connectivity index (χ4v) is 1.85. The van der Waals surface area contributed by atoms with E-state index >= 15 is 0 Å². The van der Waals surface area contributed by atoms with E-state index in [0.717, 1.165) is 11.8 Å². The Morgan fingerprint density at radius 3 is 2.38 bits per heavy atom. The second-order valence-electron chi connectivity index (χ2n) is 6.22. The van der Waals surface area contributed by atoms with Gasteiger partial charge in [-0.3, -0.25) is 4.90 Å². The number of rotatable bonds is 6. The summed E-state index contributed by atoms with van der Waals surface area (Å²) in [6.45, 7) is 5.50. The minimum Gasteiger partial charge on any atom is -0.444 e. The smallest absolute Gasteiger partial charge is 0.444 e. The van der Waals surface area contributed by atoms with Crippen molar-refractivity contribution in [3.8, 4) is 0 Å². The largest absolute Gasteiger partial charge is 0.488 e. The lowest BCUT2D eigenvalue weighted by atomic mass is 9.80. The Bertz CT molecular complexity index is 596. The van der Waals surface area contributed by atoms with Crippen LogP contribution in [0.25, 0.3) is 0 Å². The average molecular weight is 334 g/mol. The highest BCUT2D eigenvalue weighted by atomic mass is 16.6. The number of nitrogens with one attached hydrogen (secondary N) is 1. The van der Waals surface area contributed by atoms with Crippen LogP contribution in [0.15, 0.2) is 29.4 Å². The number of hydrogen-bond acceptors (Lipinski definition) is 7. The SMILES string of the molecule is CC(C)(C)OC(=O)N(CC(C=N)=NN)Cc1ccc(B(O)O)cc1. The summed E-state index contributed by atoms with van der Waals surface area (Å²) in [4.78, 5) is 13.7. The van der Waals surface area contributed by atoms with E-state index in [9.17, 15) is 4.79 Å². The van der Waals surface area contributed by atoms with Gasteiger partial charge < -0.3 is 26.0 Å². The van der Waals surface area contributed by atoms with Crippen LogP contribution < -0.4 is 11.3 Å². The van der Waals surface area contributed by atoms with E-state index in [-0.39, 0.29) is 18.8 Å². The molecule has 0 aliphatic heterocycles. The first-order chi connectivity index (χ1) is 11.2. The molecule has 0 aliphatic rings. The number of benzene rings is 1. The van der Waals surface area contributed by atoms with Crippen molar-refractivity contribution in [1.29, 1.82) is 5.41 Å². The third-order valence-electron chi connectivity index (χ3n) is 2.99. The molecule has 1 rings (SSSR count). The summed E-state index contributed by atoms with van der Waals surface area (Å²) in [5.41, 5.74) is 0.673. The fraction of sp³-hybridized carbons (Fsp3) is 0.400. The number of carbonyl (C=O) groups is 1. The van der Waals surface area contributed by atoms with Gasteiger partial charge in [-0.15, -0.1) is 0 Å². The first-order valence-corrected chi connectivity index (χ1v) is 7.36. The van der Waals surface area contributed by atoms with Crippen LogP contribution in [-0.4, -0.2) is 52.2 Å². The Morgan fingerprint density at radius 2 is 1.96 bits per heavy atom. The highest BCUT2D eigenvalue weighted by Crippen LogP contribution is 2.12. The zero-order valence-corrected chi connectivity index (χ0v) is 14.1. The maximum Gasteiger partial charge on any atom is 0.488 e. The minimum absolute atomic E-state index is 0.0271. The topological polar surface area (TPSA) is 132 Å². The zero-order chi connectivity index (χ0) is 18.3. The molecule has 1 aromatic carbocycles. The molecule has 0 bridgehead atoms. The quantitative estimate of drug-likeness (QED) is 0.253. The molecule has 0 unspecified atom stereocenters. The molecule has 130 valence electrons. The van der Waals surface area contributed by atoms with Gasteiger partial charge in [0.2, 0.25) is 0 Å². The van der Waals surface area contributed by atoms with Gasteiger partial charge >= 0.3 is 13.2 Å². The molecule has 1 amide bonds.